The van der Waals surface area contributed by atoms with Crippen molar-refractivity contribution in [2.45, 2.75) is 26.3 Å². The third-order valence-electron chi connectivity index (χ3n) is 3.06. The van der Waals surface area contributed by atoms with E-state index in [-0.39, 0.29) is 18.4 Å². The van der Waals surface area contributed by atoms with Crippen LogP contribution in [0.2, 0.25) is 0 Å². The Morgan fingerprint density at radius 3 is 2.57 bits per heavy atom. The van der Waals surface area contributed by atoms with Crippen LogP contribution in [0.1, 0.15) is 25.3 Å². The maximum absolute atomic E-state index is 11.7. The Bertz CT molecular complexity index is 434. The van der Waals surface area contributed by atoms with Crippen LogP contribution in [0, 0.1) is 0 Å². The van der Waals surface area contributed by atoms with Crippen LogP contribution in [0.25, 0.3) is 0 Å². The third-order valence-corrected chi connectivity index (χ3v) is 3.06. The van der Waals surface area contributed by atoms with Crippen molar-refractivity contribution < 1.29 is 14.3 Å². The fourth-order valence-electron chi connectivity index (χ4n) is 2.03. The Labute approximate surface area is 126 Å². The number of rotatable bonds is 9. The maximum Gasteiger partial charge on any atom is 0.320 e. The first kappa shape index (κ1) is 17.2. The summed E-state index contributed by atoms with van der Waals surface area (Å²) < 4.78 is 5.00. The van der Waals surface area contributed by atoms with Crippen molar-refractivity contribution in [1.82, 2.24) is 10.2 Å². The zero-order valence-electron chi connectivity index (χ0n) is 12.8. The van der Waals surface area contributed by atoms with Crippen LogP contribution < -0.4 is 5.32 Å². The Hall–Kier alpha value is -1.88. The summed E-state index contributed by atoms with van der Waals surface area (Å²) in [6.07, 6.45) is 1.18. The first-order valence-electron chi connectivity index (χ1n) is 7.28. The fourth-order valence-corrected chi connectivity index (χ4v) is 2.03. The minimum Gasteiger partial charge on any atom is -0.465 e. The van der Waals surface area contributed by atoms with Crippen LogP contribution in [-0.2, 0) is 20.9 Å². The van der Waals surface area contributed by atoms with Crippen molar-refractivity contribution in [3.05, 3.63) is 35.9 Å². The van der Waals surface area contributed by atoms with Gasteiger partial charge < -0.3 is 10.1 Å². The first-order chi connectivity index (χ1) is 10.2. The molecule has 0 spiro atoms. The van der Waals surface area contributed by atoms with Crippen LogP contribution in [0.3, 0.4) is 0 Å². The second-order valence-corrected chi connectivity index (χ2v) is 4.78. The standard InChI is InChI=1S/C16H24N2O3/c1-3-21-16(20)13-18(11-7-10-15(19)17-2)12-14-8-5-4-6-9-14/h4-6,8-9H,3,7,10-13H2,1-2H3,(H,17,19). The van der Waals surface area contributed by atoms with E-state index in [1.165, 1.54) is 0 Å². The topological polar surface area (TPSA) is 58.6 Å². The number of carbonyl (C=O) groups is 2. The number of ether oxygens (including phenoxy) is 1. The molecule has 0 bridgehead atoms. The molecule has 5 nitrogen and oxygen atoms in total. The molecule has 0 atom stereocenters. The van der Waals surface area contributed by atoms with E-state index >= 15 is 0 Å². The Morgan fingerprint density at radius 2 is 1.95 bits per heavy atom. The highest BCUT2D eigenvalue weighted by Gasteiger charge is 2.12. The molecule has 21 heavy (non-hydrogen) atoms. The highest BCUT2D eigenvalue weighted by molar-refractivity contribution is 5.75. The van der Waals surface area contributed by atoms with E-state index in [4.69, 9.17) is 4.74 Å². The van der Waals surface area contributed by atoms with Gasteiger partial charge in [-0.3, -0.25) is 14.5 Å². The van der Waals surface area contributed by atoms with Crippen LogP contribution in [-0.4, -0.2) is 43.5 Å². The number of amides is 1. The van der Waals surface area contributed by atoms with Gasteiger partial charge in [0.1, 0.15) is 0 Å². The smallest absolute Gasteiger partial charge is 0.320 e. The molecule has 1 rings (SSSR count). The summed E-state index contributed by atoms with van der Waals surface area (Å²) in [6, 6.07) is 9.96. The molecule has 1 aromatic rings. The highest BCUT2D eigenvalue weighted by Crippen LogP contribution is 2.06. The molecule has 0 saturated carbocycles. The van der Waals surface area contributed by atoms with Gasteiger partial charge in [-0.2, -0.15) is 0 Å². The van der Waals surface area contributed by atoms with E-state index in [1.54, 1.807) is 14.0 Å². The Morgan fingerprint density at radius 1 is 1.24 bits per heavy atom. The van der Waals surface area contributed by atoms with E-state index < -0.39 is 0 Å². The third kappa shape index (κ3) is 7.46. The summed E-state index contributed by atoms with van der Waals surface area (Å²) in [5.74, 6) is -0.209. The number of hydrogen-bond acceptors (Lipinski definition) is 4. The van der Waals surface area contributed by atoms with Gasteiger partial charge in [-0.15, -0.1) is 0 Å². The molecule has 0 aliphatic rings. The second-order valence-electron chi connectivity index (χ2n) is 4.78. The van der Waals surface area contributed by atoms with Gasteiger partial charge in [0.25, 0.3) is 0 Å². The molecule has 0 heterocycles. The molecule has 0 saturated heterocycles. The van der Waals surface area contributed by atoms with Crippen LogP contribution in [0.15, 0.2) is 30.3 Å². The van der Waals surface area contributed by atoms with Crippen molar-refractivity contribution >= 4 is 11.9 Å². The number of nitrogens with zero attached hydrogens (tertiary/aromatic N) is 1. The lowest BCUT2D eigenvalue weighted by atomic mass is 10.2. The van der Waals surface area contributed by atoms with Crippen LogP contribution in [0.4, 0.5) is 0 Å². The summed E-state index contributed by atoms with van der Waals surface area (Å²) in [7, 11) is 1.63. The largest absolute Gasteiger partial charge is 0.465 e. The second kappa shape index (κ2) is 9.94. The zero-order chi connectivity index (χ0) is 15.5. The van der Waals surface area contributed by atoms with Gasteiger partial charge in [0.2, 0.25) is 5.91 Å². The molecule has 0 aliphatic carbocycles. The highest BCUT2D eigenvalue weighted by atomic mass is 16.5. The van der Waals surface area contributed by atoms with Gasteiger partial charge in [0.15, 0.2) is 0 Å². The number of benzene rings is 1. The molecule has 1 N–H and O–H groups in total. The van der Waals surface area contributed by atoms with Gasteiger partial charge >= 0.3 is 5.97 Å². The minimum absolute atomic E-state index is 0.0193. The van der Waals surface area contributed by atoms with E-state index in [9.17, 15) is 9.59 Å². The van der Waals surface area contributed by atoms with Crippen molar-refractivity contribution in [2.24, 2.45) is 0 Å². The molecule has 1 aromatic carbocycles. The molecule has 0 fully saturated rings. The summed E-state index contributed by atoms with van der Waals surface area (Å²) in [5, 5.41) is 2.60. The summed E-state index contributed by atoms with van der Waals surface area (Å²) in [4.78, 5) is 24.9. The van der Waals surface area contributed by atoms with Crippen molar-refractivity contribution in [1.29, 1.82) is 0 Å². The lowest BCUT2D eigenvalue weighted by Crippen LogP contribution is -2.32. The van der Waals surface area contributed by atoms with Crippen molar-refractivity contribution in [3.8, 4) is 0 Å². The van der Waals surface area contributed by atoms with Crippen molar-refractivity contribution in [2.75, 3.05) is 26.7 Å². The molecule has 0 unspecified atom stereocenters. The SMILES string of the molecule is CCOC(=O)CN(CCCC(=O)NC)Cc1ccccc1. The van der Waals surface area contributed by atoms with E-state index in [0.29, 0.717) is 32.5 Å². The van der Waals surface area contributed by atoms with Gasteiger partial charge in [0, 0.05) is 20.0 Å². The molecular formula is C16H24N2O3. The molecule has 5 heteroatoms. The molecule has 1 amide bonds. The predicted octanol–water partition coefficient (Wildman–Crippen LogP) is 1.58. The monoisotopic (exact) mass is 292 g/mol. The van der Waals surface area contributed by atoms with E-state index in [1.807, 2.05) is 35.2 Å². The van der Waals surface area contributed by atoms with E-state index in [2.05, 4.69) is 5.32 Å². The molecule has 0 aromatic heterocycles. The number of esters is 1. The number of carbonyl (C=O) groups excluding carboxylic acids is 2. The molecule has 0 aliphatic heterocycles. The average Bonchev–Trinajstić information content (AvgIpc) is 2.48. The quantitative estimate of drug-likeness (QED) is 0.702. The summed E-state index contributed by atoms with van der Waals surface area (Å²) >= 11 is 0. The Kier molecular flexibility index (Phi) is 8.12. The lowest BCUT2D eigenvalue weighted by Gasteiger charge is -2.21. The van der Waals surface area contributed by atoms with Gasteiger partial charge in [0.05, 0.1) is 13.2 Å². The lowest BCUT2D eigenvalue weighted by molar-refractivity contribution is -0.144. The maximum atomic E-state index is 11.7. The first-order valence-corrected chi connectivity index (χ1v) is 7.28. The number of hydrogen-bond donors (Lipinski definition) is 1. The average molecular weight is 292 g/mol. The molecule has 116 valence electrons. The molecular weight excluding hydrogens is 268 g/mol. The Balaban J connectivity index is 2.52. The molecule has 0 radical (unpaired) electrons. The van der Waals surface area contributed by atoms with Gasteiger partial charge in [-0.1, -0.05) is 30.3 Å². The number of nitrogens with one attached hydrogen (secondary N) is 1. The summed E-state index contributed by atoms with van der Waals surface area (Å²) in [5.41, 5.74) is 1.14. The fraction of sp³-hybridized carbons (Fsp3) is 0.500. The van der Waals surface area contributed by atoms with Gasteiger partial charge in [-0.05, 0) is 25.5 Å². The predicted molar refractivity (Wildman–Crippen MR) is 81.7 cm³/mol. The normalized spacial score (nSPS) is 10.4. The van der Waals surface area contributed by atoms with E-state index in [0.717, 1.165) is 5.56 Å². The van der Waals surface area contributed by atoms with Crippen LogP contribution >= 0.6 is 0 Å². The van der Waals surface area contributed by atoms with Crippen LogP contribution in [0.5, 0.6) is 0 Å². The van der Waals surface area contributed by atoms with Gasteiger partial charge in [-0.25, -0.2) is 0 Å². The van der Waals surface area contributed by atoms with Crippen molar-refractivity contribution in [3.63, 3.8) is 0 Å². The zero-order valence-corrected chi connectivity index (χ0v) is 12.8. The minimum atomic E-state index is -0.228. The summed E-state index contributed by atoms with van der Waals surface area (Å²) in [6.45, 7) is 3.78.